The van der Waals surface area contributed by atoms with Gasteiger partial charge in [0.15, 0.2) is 0 Å². The van der Waals surface area contributed by atoms with Crippen molar-refractivity contribution in [2.24, 2.45) is 20.4 Å². The molecule has 0 heterocycles. The zero-order valence-corrected chi connectivity index (χ0v) is 14.9. The molecule has 0 fully saturated rings. The minimum Gasteiger partial charge on any atom is -0.507 e. The average molecular weight is 380 g/mol. The van der Waals surface area contributed by atoms with Crippen LogP contribution in [0.4, 0.5) is 17.1 Å². The molecular weight excluding hydrogens is 364 g/mol. The van der Waals surface area contributed by atoms with Crippen LogP contribution in [-0.4, -0.2) is 19.7 Å². The molecule has 0 saturated carbocycles. The van der Waals surface area contributed by atoms with Crippen LogP contribution in [0, 0.1) is 0 Å². The Kier molecular flexibility index (Phi) is 5.39. The summed E-state index contributed by atoms with van der Waals surface area (Å²) in [6.07, 6.45) is 1.46. The highest BCUT2D eigenvalue weighted by Gasteiger charge is 2.06. The Bertz CT molecular complexity index is 1090. The first-order chi connectivity index (χ1) is 12.9. The van der Waals surface area contributed by atoms with Gasteiger partial charge in [-0.1, -0.05) is 18.2 Å². The number of primary sulfonamides is 1. The van der Waals surface area contributed by atoms with E-state index in [-0.39, 0.29) is 10.6 Å². The van der Waals surface area contributed by atoms with Crippen LogP contribution in [0.1, 0.15) is 5.56 Å². The topological polar surface area (TPSA) is 117 Å². The van der Waals surface area contributed by atoms with E-state index in [0.29, 0.717) is 16.9 Å². The number of phenolic OH excluding ortho intramolecular Hbond substituents is 1. The largest absolute Gasteiger partial charge is 0.507 e. The predicted octanol–water partition coefficient (Wildman–Crippen LogP) is 4.21. The first-order valence-corrected chi connectivity index (χ1v) is 9.43. The van der Waals surface area contributed by atoms with Crippen molar-refractivity contribution >= 4 is 33.3 Å². The van der Waals surface area contributed by atoms with E-state index >= 15 is 0 Å². The van der Waals surface area contributed by atoms with Gasteiger partial charge >= 0.3 is 0 Å². The molecule has 8 heteroatoms. The first kappa shape index (κ1) is 18.4. The van der Waals surface area contributed by atoms with Gasteiger partial charge in [0.05, 0.1) is 22.0 Å². The number of benzene rings is 3. The number of aliphatic imine (C=N–C) groups is 1. The van der Waals surface area contributed by atoms with Crippen molar-refractivity contribution in [3.05, 3.63) is 78.4 Å². The standard InChI is InChI=1S/C19H16N4O3S/c20-27(25,26)18-9-6-15(7-10-18)21-13-14-12-17(8-11-19(14)24)23-22-16-4-2-1-3-5-16/h1-13,24H,(H2,20,25,26). The molecule has 27 heavy (non-hydrogen) atoms. The minimum atomic E-state index is -3.74. The molecule has 0 aliphatic rings. The highest BCUT2D eigenvalue weighted by molar-refractivity contribution is 7.89. The second kappa shape index (κ2) is 7.90. The number of sulfonamides is 1. The highest BCUT2D eigenvalue weighted by Crippen LogP contribution is 2.25. The first-order valence-electron chi connectivity index (χ1n) is 7.88. The molecule has 3 rings (SSSR count). The lowest BCUT2D eigenvalue weighted by Gasteiger charge is -2.01. The van der Waals surface area contributed by atoms with Crippen molar-refractivity contribution in [1.82, 2.24) is 0 Å². The van der Waals surface area contributed by atoms with Crippen LogP contribution in [0.3, 0.4) is 0 Å². The van der Waals surface area contributed by atoms with Gasteiger partial charge in [0, 0.05) is 11.8 Å². The molecule has 0 amide bonds. The van der Waals surface area contributed by atoms with E-state index in [1.54, 1.807) is 12.1 Å². The minimum absolute atomic E-state index is 0.00705. The molecule has 0 radical (unpaired) electrons. The van der Waals surface area contributed by atoms with Crippen LogP contribution >= 0.6 is 0 Å². The van der Waals surface area contributed by atoms with Gasteiger partial charge in [-0.05, 0) is 54.6 Å². The lowest BCUT2D eigenvalue weighted by atomic mass is 10.2. The van der Waals surface area contributed by atoms with E-state index in [1.165, 1.54) is 36.5 Å². The summed E-state index contributed by atoms with van der Waals surface area (Å²) in [5.74, 6) is 0.0403. The summed E-state index contributed by atoms with van der Waals surface area (Å²) >= 11 is 0. The SMILES string of the molecule is NS(=O)(=O)c1ccc(N=Cc2cc(N=Nc3ccccc3)ccc2O)cc1. The second-order valence-corrected chi connectivity index (χ2v) is 7.14. The fourth-order valence-corrected chi connectivity index (χ4v) is 2.70. The van der Waals surface area contributed by atoms with E-state index in [0.717, 1.165) is 5.69 Å². The monoisotopic (exact) mass is 380 g/mol. The quantitative estimate of drug-likeness (QED) is 0.510. The number of hydrogen-bond donors (Lipinski definition) is 2. The van der Waals surface area contributed by atoms with E-state index in [4.69, 9.17) is 5.14 Å². The van der Waals surface area contributed by atoms with Crippen molar-refractivity contribution in [1.29, 1.82) is 0 Å². The number of azo groups is 1. The van der Waals surface area contributed by atoms with Crippen molar-refractivity contribution in [2.45, 2.75) is 4.90 Å². The molecule has 0 aromatic heterocycles. The van der Waals surface area contributed by atoms with Gasteiger partial charge in [-0.15, -0.1) is 0 Å². The molecule has 0 bridgehead atoms. The fourth-order valence-electron chi connectivity index (χ4n) is 2.18. The third-order valence-electron chi connectivity index (χ3n) is 3.57. The molecule has 7 nitrogen and oxygen atoms in total. The third kappa shape index (κ3) is 5.06. The maximum absolute atomic E-state index is 11.3. The average Bonchev–Trinajstić information content (AvgIpc) is 2.67. The van der Waals surface area contributed by atoms with Crippen LogP contribution in [0.25, 0.3) is 0 Å². The van der Waals surface area contributed by atoms with Gasteiger partial charge in [0.1, 0.15) is 5.75 Å². The Morgan fingerprint density at radius 1 is 0.815 bits per heavy atom. The normalized spacial score (nSPS) is 12.0. The number of hydrogen-bond acceptors (Lipinski definition) is 6. The van der Waals surface area contributed by atoms with Crippen molar-refractivity contribution < 1.29 is 13.5 Å². The molecule has 0 saturated heterocycles. The zero-order chi connectivity index (χ0) is 19.3. The summed E-state index contributed by atoms with van der Waals surface area (Å²) in [6.45, 7) is 0. The summed E-state index contributed by atoms with van der Waals surface area (Å²) in [6, 6.07) is 19.8. The van der Waals surface area contributed by atoms with Crippen molar-refractivity contribution in [2.75, 3.05) is 0 Å². The van der Waals surface area contributed by atoms with Crippen LogP contribution < -0.4 is 5.14 Å². The molecule has 0 atom stereocenters. The number of aromatic hydroxyl groups is 1. The molecule has 0 spiro atoms. The molecule has 3 N–H and O–H groups in total. The molecule has 136 valence electrons. The molecule has 3 aromatic carbocycles. The van der Waals surface area contributed by atoms with E-state index in [9.17, 15) is 13.5 Å². The smallest absolute Gasteiger partial charge is 0.238 e. The van der Waals surface area contributed by atoms with Crippen LogP contribution in [0.2, 0.25) is 0 Å². The maximum atomic E-state index is 11.3. The Balaban J connectivity index is 1.80. The second-order valence-electron chi connectivity index (χ2n) is 5.58. The summed E-state index contributed by atoms with van der Waals surface area (Å²) in [5, 5.41) is 23.3. The molecule has 0 aliphatic heterocycles. The maximum Gasteiger partial charge on any atom is 0.238 e. The van der Waals surface area contributed by atoms with Crippen LogP contribution in [-0.2, 0) is 10.0 Å². The Hall–Kier alpha value is -3.36. The van der Waals surface area contributed by atoms with Gasteiger partial charge in [0.2, 0.25) is 10.0 Å². The molecule has 3 aromatic rings. The van der Waals surface area contributed by atoms with Gasteiger partial charge in [-0.3, -0.25) is 4.99 Å². The summed E-state index contributed by atoms with van der Waals surface area (Å²) in [5.41, 5.74) is 2.24. The lowest BCUT2D eigenvalue weighted by molar-refractivity contribution is 0.474. The van der Waals surface area contributed by atoms with Gasteiger partial charge in [0.25, 0.3) is 0 Å². The number of phenols is 1. The van der Waals surface area contributed by atoms with Crippen LogP contribution in [0.5, 0.6) is 5.75 Å². The van der Waals surface area contributed by atoms with Gasteiger partial charge in [-0.2, -0.15) is 10.2 Å². The van der Waals surface area contributed by atoms with E-state index < -0.39 is 10.0 Å². The highest BCUT2D eigenvalue weighted by atomic mass is 32.2. The summed E-state index contributed by atoms with van der Waals surface area (Å²) in [7, 11) is -3.74. The number of rotatable bonds is 5. The fraction of sp³-hybridized carbons (Fsp3) is 0. The van der Waals surface area contributed by atoms with Crippen molar-refractivity contribution in [3.63, 3.8) is 0 Å². The summed E-state index contributed by atoms with van der Waals surface area (Å²) < 4.78 is 22.5. The lowest BCUT2D eigenvalue weighted by Crippen LogP contribution is -2.11. The predicted molar refractivity (Wildman–Crippen MR) is 104 cm³/mol. The Labute approximate surface area is 156 Å². The Morgan fingerprint density at radius 2 is 1.44 bits per heavy atom. The van der Waals surface area contributed by atoms with E-state index in [1.807, 2.05) is 30.3 Å². The van der Waals surface area contributed by atoms with Crippen LogP contribution in [0.15, 0.2) is 92.9 Å². The molecule has 0 aliphatic carbocycles. The number of nitrogens with zero attached hydrogens (tertiary/aromatic N) is 3. The zero-order valence-electron chi connectivity index (χ0n) is 14.1. The molecule has 0 unspecified atom stereocenters. The van der Waals surface area contributed by atoms with Gasteiger partial charge < -0.3 is 5.11 Å². The third-order valence-corrected chi connectivity index (χ3v) is 4.50. The number of nitrogens with two attached hydrogens (primary N) is 1. The van der Waals surface area contributed by atoms with Crippen molar-refractivity contribution in [3.8, 4) is 5.75 Å². The van der Waals surface area contributed by atoms with E-state index in [2.05, 4.69) is 15.2 Å². The van der Waals surface area contributed by atoms with Gasteiger partial charge in [-0.25, -0.2) is 13.6 Å². The Morgan fingerprint density at radius 3 is 2.11 bits per heavy atom. The molecular formula is C19H16N4O3S. The summed E-state index contributed by atoms with van der Waals surface area (Å²) in [4.78, 5) is 4.23.